The lowest BCUT2D eigenvalue weighted by molar-refractivity contribution is -0.114. The highest BCUT2D eigenvalue weighted by molar-refractivity contribution is 7.91. The van der Waals surface area contributed by atoms with E-state index in [4.69, 9.17) is 0 Å². The van der Waals surface area contributed by atoms with Gasteiger partial charge in [0.15, 0.2) is 0 Å². The maximum atomic E-state index is 12.0. The van der Waals surface area contributed by atoms with Crippen molar-refractivity contribution < 1.29 is 13.2 Å². The van der Waals surface area contributed by atoms with Crippen molar-refractivity contribution >= 4 is 32.4 Å². The zero-order chi connectivity index (χ0) is 14.0. The molecule has 9 heteroatoms. The van der Waals surface area contributed by atoms with Crippen molar-refractivity contribution in [2.45, 2.75) is 44.0 Å². The number of aromatic nitrogens is 2. The lowest BCUT2D eigenvalue weighted by Crippen LogP contribution is -2.42. The van der Waals surface area contributed by atoms with E-state index >= 15 is 0 Å². The molecule has 102 valence electrons. The second kappa shape index (κ2) is 5.29. The summed E-state index contributed by atoms with van der Waals surface area (Å²) in [5.74, 6) is -0.322. The predicted octanol–water partition coefficient (Wildman–Crippen LogP) is 0.963. The van der Waals surface area contributed by atoms with Crippen LogP contribution in [0.5, 0.6) is 0 Å². The molecule has 0 spiro atoms. The quantitative estimate of drug-likeness (QED) is 0.787. The molecule has 1 aromatic heterocycles. The molecule has 0 atom stereocenters. The molecule has 0 aliphatic heterocycles. The van der Waals surface area contributed by atoms with Crippen molar-refractivity contribution in [2.75, 3.05) is 5.32 Å². The van der Waals surface area contributed by atoms with Gasteiger partial charge in [0.2, 0.25) is 15.4 Å². The fourth-order valence-corrected chi connectivity index (χ4v) is 3.43. The summed E-state index contributed by atoms with van der Waals surface area (Å²) < 4.78 is 26.4. The highest BCUT2D eigenvalue weighted by Gasteiger charge is 2.27. The van der Waals surface area contributed by atoms with Crippen LogP contribution in [0, 0.1) is 0 Å². The van der Waals surface area contributed by atoms with Crippen LogP contribution in [0.25, 0.3) is 0 Å². The summed E-state index contributed by atoms with van der Waals surface area (Å²) in [5, 5.41) is 9.71. The van der Waals surface area contributed by atoms with Crippen LogP contribution < -0.4 is 10.0 Å². The van der Waals surface area contributed by atoms with Crippen LogP contribution >= 0.6 is 11.3 Å². The van der Waals surface area contributed by atoms with Gasteiger partial charge in [-0.1, -0.05) is 18.3 Å². The molecule has 0 aliphatic carbocycles. The van der Waals surface area contributed by atoms with Gasteiger partial charge in [0.05, 0.1) is 0 Å². The molecule has 1 amide bonds. The fourth-order valence-electron chi connectivity index (χ4n) is 0.999. The van der Waals surface area contributed by atoms with E-state index in [0.29, 0.717) is 6.42 Å². The Morgan fingerprint density at radius 2 is 2.00 bits per heavy atom. The van der Waals surface area contributed by atoms with Crippen molar-refractivity contribution in [3.8, 4) is 0 Å². The molecule has 0 saturated carbocycles. The van der Waals surface area contributed by atoms with Crippen molar-refractivity contribution in [1.82, 2.24) is 14.9 Å². The molecule has 1 aromatic rings. The highest BCUT2D eigenvalue weighted by Crippen LogP contribution is 2.21. The first kappa shape index (κ1) is 15.0. The predicted molar refractivity (Wildman–Crippen MR) is 68.9 cm³/mol. The van der Waals surface area contributed by atoms with Gasteiger partial charge in [-0.3, -0.25) is 4.79 Å². The van der Waals surface area contributed by atoms with Crippen molar-refractivity contribution in [3.63, 3.8) is 0 Å². The number of sulfonamides is 1. The summed E-state index contributed by atoms with van der Waals surface area (Å²) in [6, 6.07) is 0. The van der Waals surface area contributed by atoms with Gasteiger partial charge >= 0.3 is 0 Å². The van der Waals surface area contributed by atoms with Crippen LogP contribution in [0.15, 0.2) is 4.34 Å². The molecule has 18 heavy (non-hydrogen) atoms. The Balaban J connectivity index is 2.92. The van der Waals surface area contributed by atoms with Gasteiger partial charge < -0.3 is 5.32 Å². The van der Waals surface area contributed by atoms with E-state index in [2.05, 4.69) is 20.2 Å². The first-order chi connectivity index (χ1) is 8.16. The monoisotopic (exact) mass is 292 g/mol. The van der Waals surface area contributed by atoms with Gasteiger partial charge in [0.1, 0.15) is 0 Å². The average Bonchev–Trinajstić information content (AvgIpc) is 2.64. The largest absolute Gasteiger partial charge is 0.301 e. The molecule has 7 nitrogen and oxygen atoms in total. The number of nitrogens with zero attached hydrogens (tertiary/aromatic N) is 2. The first-order valence-corrected chi connectivity index (χ1v) is 7.61. The summed E-state index contributed by atoms with van der Waals surface area (Å²) in [4.78, 5) is 10.8. The number of carbonyl (C=O) groups is 1. The third-order valence-electron chi connectivity index (χ3n) is 2.21. The van der Waals surface area contributed by atoms with Gasteiger partial charge in [-0.25, -0.2) is 13.1 Å². The maximum absolute atomic E-state index is 12.0. The van der Waals surface area contributed by atoms with Gasteiger partial charge in [-0.05, 0) is 20.3 Å². The highest BCUT2D eigenvalue weighted by atomic mass is 32.2. The summed E-state index contributed by atoms with van der Waals surface area (Å²) in [5.41, 5.74) is -0.557. The zero-order valence-corrected chi connectivity index (χ0v) is 12.3. The molecular formula is C9H16N4O3S2. The molecule has 0 fully saturated rings. The molecule has 1 heterocycles. The molecule has 0 bridgehead atoms. The van der Waals surface area contributed by atoms with E-state index in [1.165, 1.54) is 6.92 Å². The third kappa shape index (κ3) is 4.00. The normalized spacial score (nSPS) is 12.4. The summed E-state index contributed by atoms with van der Waals surface area (Å²) >= 11 is 0.815. The molecule has 0 unspecified atom stereocenters. The topological polar surface area (TPSA) is 101 Å². The number of amides is 1. The minimum atomic E-state index is -3.70. The molecule has 0 aliphatic rings. The minimum absolute atomic E-state index is 0.159. The van der Waals surface area contributed by atoms with Crippen LogP contribution in [-0.4, -0.2) is 30.1 Å². The molecule has 0 saturated heterocycles. The van der Waals surface area contributed by atoms with Crippen LogP contribution in [0.4, 0.5) is 5.13 Å². The lowest BCUT2D eigenvalue weighted by Gasteiger charge is -2.22. The van der Waals surface area contributed by atoms with E-state index in [0.717, 1.165) is 11.3 Å². The third-order valence-corrected chi connectivity index (χ3v) is 5.12. The van der Waals surface area contributed by atoms with Crippen LogP contribution in [0.2, 0.25) is 0 Å². The minimum Gasteiger partial charge on any atom is -0.301 e. The van der Waals surface area contributed by atoms with Crippen molar-refractivity contribution in [2.24, 2.45) is 0 Å². The smallest absolute Gasteiger partial charge is 0.270 e. The first-order valence-electron chi connectivity index (χ1n) is 5.31. The van der Waals surface area contributed by atoms with Gasteiger partial charge in [0, 0.05) is 12.5 Å². The van der Waals surface area contributed by atoms with E-state index in [1.807, 2.05) is 6.92 Å². The number of hydrogen-bond acceptors (Lipinski definition) is 6. The Bertz CT molecular complexity index is 536. The summed E-state index contributed by atoms with van der Waals surface area (Å²) in [6.45, 7) is 6.75. The lowest BCUT2D eigenvalue weighted by atomic mass is 10.0. The number of anilines is 1. The number of carbonyl (C=O) groups excluding carboxylic acids is 1. The second-order valence-electron chi connectivity index (χ2n) is 4.40. The van der Waals surface area contributed by atoms with Crippen LogP contribution in [0.1, 0.15) is 34.1 Å². The van der Waals surface area contributed by atoms with Gasteiger partial charge in [-0.2, -0.15) is 0 Å². The Hall–Kier alpha value is -1.06. The fraction of sp³-hybridized carbons (Fsp3) is 0.667. The standard InChI is InChI=1S/C9H16N4O3S2/c1-5-9(3,4)13-18(15,16)8-12-11-7(17-8)10-6(2)14/h13H,5H2,1-4H3,(H,10,11,14). The van der Waals surface area contributed by atoms with Crippen LogP contribution in [0.3, 0.4) is 0 Å². The molecule has 1 rings (SSSR count). The molecule has 0 radical (unpaired) electrons. The summed E-state index contributed by atoms with van der Waals surface area (Å²) in [6.07, 6.45) is 0.642. The maximum Gasteiger partial charge on any atom is 0.270 e. The van der Waals surface area contributed by atoms with Crippen molar-refractivity contribution in [1.29, 1.82) is 0 Å². The van der Waals surface area contributed by atoms with E-state index in [-0.39, 0.29) is 15.4 Å². The number of rotatable bonds is 5. The Kier molecular flexibility index (Phi) is 4.41. The second-order valence-corrected chi connectivity index (χ2v) is 7.23. The molecule has 2 N–H and O–H groups in total. The SMILES string of the molecule is CCC(C)(C)NS(=O)(=O)c1nnc(NC(C)=O)s1. The van der Waals surface area contributed by atoms with Gasteiger partial charge in [0.25, 0.3) is 10.0 Å². The summed E-state index contributed by atoms with van der Waals surface area (Å²) in [7, 11) is -3.70. The van der Waals surface area contributed by atoms with E-state index in [9.17, 15) is 13.2 Å². The number of hydrogen-bond donors (Lipinski definition) is 2. The number of nitrogens with one attached hydrogen (secondary N) is 2. The molecular weight excluding hydrogens is 276 g/mol. The Morgan fingerprint density at radius 3 is 2.50 bits per heavy atom. The van der Waals surface area contributed by atoms with Crippen molar-refractivity contribution in [3.05, 3.63) is 0 Å². The Morgan fingerprint density at radius 1 is 1.39 bits per heavy atom. The zero-order valence-electron chi connectivity index (χ0n) is 10.6. The van der Waals surface area contributed by atoms with Gasteiger partial charge in [-0.15, -0.1) is 10.2 Å². The van der Waals surface area contributed by atoms with Crippen LogP contribution in [-0.2, 0) is 14.8 Å². The Labute approximate surface area is 110 Å². The molecule has 0 aromatic carbocycles. The van der Waals surface area contributed by atoms with E-state index < -0.39 is 15.6 Å². The average molecular weight is 292 g/mol. The van der Waals surface area contributed by atoms with E-state index in [1.54, 1.807) is 13.8 Å².